The second-order valence-electron chi connectivity index (χ2n) is 9.08. The monoisotopic (exact) mass is 432 g/mol. The summed E-state index contributed by atoms with van der Waals surface area (Å²) in [5.41, 5.74) is 0.947. The van der Waals surface area contributed by atoms with Gasteiger partial charge >= 0.3 is 0 Å². The molecule has 0 unspecified atom stereocenters. The van der Waals surface area contributed by atoms with Gasteiger partial charge in [0.15, 0.2) is 5.75 Å². The summed E-state index contributed by atoms with van der Waals surface area (Å²) in [5.74, 6) is 0.184. The molecule has 1 aromatic carbocycles. The standard InChI is InChI=1S/C23H36N4O4/c1-15-12-27(16(2)14-28)23(30)18-6-5-7-19(21(18)31-20(15)13-26(3)4)25-22(29)17-8-10-24-11-9-17/h5-7,15-17,20,24,28H,8-14H2,1-4H3,(H,25,29)/t15-,16+,20+/m1/s1. The second kappa shape index (κ2) is 10.4. The lowest BCUT2D eigenvalue weighted by Crippen LogP contribution is -2.49. The van der Waals surface area contributed by atoms with Crippen LogP contribution >= 0.6 is 0 Å². The lowest BCUT2D eigenvalue weighted by Gasteiger charge is -2.38. The quantitative estimate of drug-likeness (QED) is 0.629. The summed E-state index contributed by atoms with van der Waals surface area (Å²) >= 11 is 0. The minimum atomic E-state index is -0.311. The number of nitrogens with one attached hydrogen (secondary N) is 2. The van der Waals surface area contributed by atoms with E-state index in [1.807, 2.05) is 21.0 Å². The maximum Gasteiger partial charge on any atom is 0.258 e. The molecule has 2 aliphatic heterocycles. The van der Waals surface area contributed by atoms with E-state index in [1.165, 1.54) is 0 Å². The molecule has 2 heterocycles. The van der Waals surface area contributed by atoms with Crippen molar-refractivity contribution in [3.8, 4) is 5.75 Å². The highest BCUT2D eigenvalue weighted by Crippen LogP contribution is 2.35. The molecule has 172 valence electrons. The number of nitrogens with zero attached hydrogens (tertiary/aromatic N) is 2. The van der Waals surface area contributed by atoms with Crippen LogP contribution in [0.1, 0.15) is 37.0 Å². The molecule has 3 N–H and O–H groups in total. The van der Waals surface area contributed by atoms with Crippen LogP contribution in [0.2, 0.25) is 0 Å². The van der Waals surface area contributed by atoms with Gasteiger partial charge < -0.3 is 30.3 Å². The largest absolute Gasteiger partial charge is 0.486 e. The van der Waals surface area contributed by atoms with E-state index in [9.17, 15) is 14.7 Å². The van der Waals surface area contributed by atoms with Gasteiger partial charge in [-0.25, -0.2) is 0 Å². The van der Waals surface area contributed by atoms with Crippen molar-refractivity contribution in [2.45, 2.75) is 38.8 Å². The summed E-state index contributed by atoms with van der Waals surface area (Å²) in [6.07, 6.45) is 1.41. The number of rotatable bonds is 6. The van der Waals surface area contributed by atoms with Crippen molar-refractivity contribution in [3.63, 3.8) is 0 Å². The Balaban J connectivity index is 1.97. The molecule has 8 nitrogen and oxygen atoms in total. The highest BCUT2D eigenvalue weighted by atomic mass is 16.5. The highest BCUT2D eigenvalue weighted by molar-refractivity contribution is 6.02. The van der Waals surface area contributed by atoms with E-state index >= 15 is 0 Å². The van der Waals surface area contributed by atoms with Gasteiger partial charge in [0.1, 0.15) is 6.10 Å². The lowest BCUT2D eigenvalue weighted by atomic mass is 9.96. The van der Waals surface area contributed by atoms with Gasteiger partial charge in [0, 0.05) is 24.9 Å². The zero-order valence-corrected chi connectivity index (χ0v) is 19.1. The molecule has 3 rings (SSSR count). The van der Waals surface area contributed by atoms with Crippen LogP contribution in [-0.4, -0.2) is 85.7 Å². The minimum Gasteiger partial charge on any atom is -0.486 e. The fraction of sp³-hybridized carbons (Fsp3) is 0.652. The van der Waals surface area contributed by atoms with Crippen molar-refractivity contribution in [2.24, 2.45) is 11.8 Å². The van der Waals surface area contributed by atoms with Gasteiger partial charge in [-0.15, -0.1) is 0 Å². The summed E-state index contributed by atoms with van der Waals surface area (Å²) in [4.78, 5) is 30.1. The Labute approximate surface area is 184 Å². The number of likely N-dealkylation sites (N-methyl/N-ethyl adjacent to an activating group) is 1. The van der Waals surface area contributed by atoms with Gasteiger partial charge in [-0.05, 0) is 59.1 Å². The number of hydrogen-bond donors (Lipinski definition) is 3. The molecule has 0 aliphatic carbocycles. The third-order valence-electron chi connectivity index (χ3n) is 6.20. The Kier molecular flexibility index (Phi) is 7.91. The van der Waals surface area contributed by atoms with Crippen LogP contribution in [0.5, 0.6) is 5.75 Å². The van der Waals surface area contributed by atoms with E-state index in [0.29, 0.717) is 30.1 Å². The van der Waals surface area contributed by atoms with E-state index in [4.69, 9.17) is 4.74 Å². The maximum atomic E-state index is 13.4. The van der Waals surface area contributed by atoms with Gasteiger partial charge in [-0.3, -0.25) is 9.59 Å². The number of anilines is 1. The Morgan fingerprint density at radius 3 is 2.71 bits per heavy atom. The summed E-state index contributed by atoms with van der Waals surface area (Å²) in [5, 5.41) is 16.0. The first-order valence-corrected chi connectivity index (χ1v) is 11.2. The van der Waals surface area contributed by atoms with Gasteiger partial charge in [0.25, 0.3) is 5.91 Å². The van der Waals surface area contributed by atoms with Gasteiger partial charge in [0.2, 0.25) is 5.91 Å². The van der Waals surface area contributed by atoms with Crippen molar-refractivity contribution in [2.75, 3.05) is 52.2 Å². The molecule has 2 aliphatic rings. The van der Waals surface area contributed by atoms with Crippen molar-refractivity contribution >= 4 is 17.5 Å². The van der Waals surface area contributed by atoms with Crippen LogP contribution in [0.3, 0.4) is 0 Å². The Morgan fingerprint density at radius 2 is 2.06 bits per heavy atom. The van der Waals surface area contributed by atoms with Crippen LogP contribution in [0.25, 0.3) is 0 Å². The highest BCUT2D eigenvalue weighted by Gasteiger charge is 2.34. The number of carbonyl (C=O) groups is 2. The van der Waals surface area contributed by atoms with E-state index in [2.05, 4.69) is 22.5 Å². The molecule has 0 radical (unpaired) electrons. The van der Waals surface area contributed by atoms with Crippen molar-refractivity contribution in [1.82, 2.24) is 15.1 Å². The Morgan fingerprint density at radius 1 is 1.35 bits per heavy atom. The fourth-order valence-corrected chi connectivity index (χ4v) is 4.24. The number of hydrogen-bond acceptors (Lipinski definition) is 6. The Bertz CT molecular complexity index is 779. The zero-order chi connectivity index (χ0) is 22.5. The molecule has 0 saturated carbocycles. The minimum absolute atomic E-state index is 0.0363. The maximum absolute atomic E-state index is 13.4. The van der Waals surface area contributed by atoms with E-state index < -0.39 is 0 Å². The molecule has 1 saturated heterocycles. The SMILES string of the molecule is C[C@@H]1CN([C@@H](C)CO)C(=O)c2cccc(NC(=O)C3CCNCC3)c2O[C@H]1CN(C)C. The molecule has 8 heteroatoms. The number of aliphatic hydroxyl groups is 1. The number of para-hydroxylation sites is 1. The first-order chi connectivity index (χ1) is 14.8. The number of fused-ring (bicyclic) bond motifs is 1. The van der Waals surface area contributed by atoms with Crippen LogP contribution < -0.4 is 15.4 Å². The molecule has 1 aromatic rings. The summed E-state index contributed by atoms with van der Waals surface area (Å²) < 4.78 is 6.43. The summed E-state index contributed by atoms with van der Waals surface area (Å²) in [6, 6.07) is 4.99. The predicted molar refractivity (Wildman–Crippen MR) is 120 cm³/mol. The third-order valence-corrected chi connectivity index (χ3v) is 6.20. The fourth-order valence-electron chi connectivity index (χ4n) is 4.24. The first kappa shape index (κ1) is 23.5. The number of aliphatic hydroxyl groups excluding tert-OH is 1. The molecular formula is C23H36N4O4. The number of amides is 2. The molecule has 1 fully saturated rings. The van der Waals surface area contributed by atoms with Gasteiger partial charge in [-0.2, -0.15) is 0 Å². The van der Waals surface area contributed by atoms with Gasteiger partial charge in [0.05, 0.1) is 23.9 Å². The first-order valence-electron chi connectivity index (χ1n) is 11.2. The van der Waals surface area contributed by atoms with Crippen LogP contribution in [0, 0.1) is 11.8 Å². The third kappa shape index (κ3) is 5.56. The predicted octanol–water partition coefficient (Wildman–Crippen LogP) is 1.41. The number of benzene rings is 1. The average Bonchev–Trinajstić information content (AvgIpc) is 2.76. The summed E-state index contributed by atoms with van der Waals surface area (Å²) in [6.45, 7) is 6.61. The van der Waals surface area contributed by atoms with E-state index in [0.717, 1.165) is 25.9 Å². The molecule has 0 aromatic heterocycles. The van der Waals surface area contributed by atoms with E-state index in [1.54, 1.807) is 23.1 Å². The molecule has 31 heavy (non-hydrogen) atoms. The van der Waals surface area contributed by atoms with Crippen LogP contribution in [0.15, 0.2) is 18.2 Å². The van der Waals surface area contributed by atoms with Crippen LogP contribution in [0.4, 0.5) is 5.69 Å². The second-order valence-corrected chi connectivity index (χ2v) is 9.08. The zero-order valence-electron chi connectivity index (χ0n) is 19.1. The molecule has 2 amide bonds. The lowest BCUT2D eigenvalue weighted by molar-refractivity contribution is -0.120. The van der Waals surface area contributed by atoms with Gasteiger partial charge in [-0.1, -0.05) is 13.0 Å². The number of carbonyl (C=O) groups excluding carboxylic acids is 2. The van der Waals surface area contributed by atoms with E-state index in [-0.39, 0.29) is 42.4 Å². The number of piperidine rings is 1. The summed E-state index contributed by atoms with van der Waals surface area (Å²) in [7, 11) is 3.97. The van der Waals surface area contributed by atoms with Crippen molar-refractivity contribution < 1.29 is 19.4 Å². The van der Waals surface area contributed by atoms with Crippen LogP contribution in [-0.2, 0) is 4.79 Å². The molecular weight excluding hydrogens is 396 g/mol. The number of ether oxygens (including phenoxy) is 1. The Hall–Kier alpha value is -2.16. The molecule has 0 bridgehead atoms. The average molecular weight is 433 g/mol. The van der Waals surface area contributed by atoms with Crippen molar-refractivity contribution in [3.05, 3.63) is 23.8 Å². The smallest absolute Gasteiger partial charge is 0.258 e. The topological polar surface area (TPSA) is 94.1 Å². The van der Waals surface area contributed by atoms with Crippen molar-refractivity contribution in [1.29, 1.82) is 0 Å². The molecule has 3 atom stereocenters. The normalized spacial score (nSPS) is 23.5. The molecule has 0 spiro atoms.